The highest BCUT2D eigenvalue weighted by Gasteiger charge is 2.40. The zero-order chi connectivity index (χ0) is 21.7. The summed E-state index contributed by atoms with van der Waals surface area (Å²) in [6, 6.07) is 15.5. The first kappa shape index (κ1) is 21.7. The molecule has 0 spiro atoms. The zero-order valence-corrected chi connectivity index (χ0v) is 16.9. The van der Waals surface area contributed by atoms with Crippen LogP contribution in [0.5, 0.6) is 0 Å². The first-order chi connectivity index (χ1) is 14.3. The van der Waals surface area contributed by atoms with Gasteiger partial charge in [0.05, 0.1) is 17.4 Å². The van der Waals surface area contributed by atoms with E-state index in [1.807, 2.05) is 42.3 Å². The number of rotatable bonds is 7. The predicted octanol–water partition coefficient (Wildman–Crippen LogP) is 4.80. The topological polar surface area (TPSA) is 50.2 Å². The van der Waals surface area contributed by atoms with Crippen LogP contribution >= 0.6 is 11.6 Å². The van der Waals surface area contributed by atoms with E-state index in [0.717, 1.165) is 11.9 Å². The zero-order valence-electron chi connectivity index (χ0n) is 16.2. The number of anilines is 1. The van der Waals surface area contributed by atoms with Crippen molar-refractivity contribution < 1.29 is 18.0 Å². The second kappa shape index (κ2) is 9.21. The van der Waals surface area contributed by atoms with Crippen LogP contribution in [-0.2, 0) is 6.18 Å². The van der Waals surface area contributed by atoms with E-state index in [1.165, 1.54) is 18.2 Å². The van der Waals surface area contributed by atoms with E-state index in [0.29, 0.717) is 17.6 Å². The summed E-state index contributed by atoms with van der Waals surface area (Å²) >= 11 is 5.88. The molecule has 5 nitrogen and oxygen atoms in total. The van der Waals surface area contributed by atoms with Crippen molar-refractivity contribution >= 4 is 23.2 Å². The van der Waals surface area contributed by atoms with E-state index in [-0.39, 0.29) is 17.3 Å². The lowest BCUT2D eigenvalue weighted by Gasteiger charge is -2.19. The Balaban J connectivity index is 1.68. The lowest BCUT2D eigenvalue weighted by atomic mass is 10.2. The molecule has 30 heavy (non-hydrogen) atoms. The van der Waals surface area contributed by atoms with Gasteiger partial charge in [0.1, 0.15) is 0 Å². The maximum Gasteiger partial charge on any atom is 0.434 e. The van der Waals surface area contributed by atoms with Gasteiger partial charge in [0.25, 0.3) is 5.91 Å². The summed E-state index contributed by atoms with van der Waals surface area (Å²) in [4.78, 5) is 14.4. The summed E-state index contributed by atoms with van der Waals surface area (Å²) in [7, 11) is 1.91. The third-order valence-electron chi connectivity index (χ3n) is 4.49. The Morgan fingerprint density at radius 3 is 2.57 bits per heavy atom. The molecule has 0 atom stereocenters. The molecule has 1 N–H and O–H groups in total. The fourth-order valence-electron chi connectivity index (χ4n) is 3.02. The molecule has 158 valence electrons. The number of halogens is 4. The van der Waals surface area contributed by atoms with Crippen LogP contribution in [0.25, 0.3) is 5.69 Å². The molecule has 0 radical (unpaired) electrons. The van der Waals surface area contributed by atoms with Gasteiger partial charge in [-0.3, -0.25) is 4.79 Å². The fraction of sp³-hybridized carbons (Fsp3) is 0.238. The standard InChI is InChI=1S/C21H20ClF3N4O/c1-28(16-8-3-2-4-9-16)12-6-11-26-20(30)18-14-27-29(19(18)21(23,24)25)17-10-5-7-15(22)13-17/h2-5,7-10,13-14H,6,11-12H2,1H3,(H,26,30). The first-order valence-electron chi connectivity index (χ1n) is 9.23. The number of hydrogen-bond donors (Lipinski definition) is 1. The molecule has 0 aliphatic heterocycles. The molecule has 0 aliphatic rings. The third-order valence-corrected chi connectivity index (χ3v) is 4.72. The number of amides is 1. The summed E-state index contributed by atoms with van der Waals surface area (Å²) in [5.74, 6) is -0.821. The summed E-state index contributed by atoms with van der Waals surface area (Å²) in [5, 5.41) is 6.60. The second-order valence-corrected chi connectivity index (χ2v) is 7.10. The minimum Gasteiger partial charge on any atom is -0.375 e. The molecule has 3 rings (SSSR count). The molecular weight excluding hydrogens is 417 g/mol. The fourth-order valence-corrected chi connectivity index (χ4v) is 3.20. The molecule has 0 fully saturated rings. The largest absolute Gasteiger partial charge is 0.434 e. The highest BCUT2D eigenvalue weighted by molar-refractivity contribution is 6.30. The highest BCUT2D eigenvalue weighted by atomic mass is 35.5. The molecule has 0 saturated carbocycles. The van der Waals surface area contributed by atoms with Crippen molar-refractivity contribution in [1.29, 1.82) is 0 Å². The van der Waals surface area contributed by atoms with Gasteiger partial charge in [-0.25, -0.2) is 4.68 Å². The van der Waals surface area contributed by atoms with Crippen molar-refractivity contribution in [3.63, 3.8) is 0 Å². The van der Waals surface area contributed by atoms with Gasteiger partial charge in [0.2, 0.25) is 0 Å². The van der Waals surface area contributed by atoms with Gasteiger partial charge in [-0.15, -0.1) is 0 Å². The number of nitrogens with one attached hydrogen (secondary N) is 1. The molecule has 1 heterocycles. The number of benzene rings is 2. The maximum absolute atomic E-state index is 13.7. The lowest BCUT2D eigenvalue weighted by Crippen LogP contribution is -2.29. The summed E-state index contributed by atoms with van der Waals surface area (Å²) < 4.78 is 41.8. The molecule has 1 aromatic heterocycles. The van der Waals surface area contributed by atoms with Gasteiger partial charge in [-0.2, -0.15) is 18.3 Å². The van der Waals surface area contributed by atoms with Crippen molar-refractivity contribution in [2.75, 3.05) is 25.0 Å². The van der Waals surface area contributed by atoms with Crippen LogP contribution in [0, 0.1) is 0 Å². The van der Waals surface area contributed by atoms with Crippen molar-refractivity contribution in [2.24, 2.45) is 0 Å². The predicted molar refractivity (Wildman–Crippen MR) is 110 cm³/mol. The van der Waals surface area contributed by atoms with Crippen molar-refractivity contribution in [3.05, 3.63) is 77.1 Å². The van der Waals surface area contributed by atoms with E-state index < -0.39 is 23.3 Å². The van der Waals surface area contributed by atoms with Crippen LogP contribution in [-0.4, -0.2) is 35.8 Å². The molecule has 3 aromatic rings. The summed E-state index contributed by atoms with van der Waals surface area (Å²) in [6.45, 7) is 0.869. The van der Waals surface area contributed by atoms with E-state index in [4.69, 9.17) is 11.6 Å². The smallest absolute Gasteiger partial charge is 0.375 e. The molecule has 0 bridgehead atoms. The van der Waals surface area contributed by atoms with E-state index in [9.17, 15) is 18.0 Å². The van der Waals surface area contributed by atoms with Gasteiger partial charge >= 0.3 is 6.18 Å². The normalized spacial score (nSPS) is 11.4. The van der Waals surface area contributed by atoms with Gasteiger partial charge in [0, 0.05) is 30.8 Å². The number of para-hydroxylation sites is 1. The van der Waals surface area contributed by atoms with Gasteiger partial charge in [-0.05, 0) is 36.8 Å². The molecule has 0 aliphatic carbocycles. The SMILES string of the molecule is CN(CCCNC(=O)c1cnn(-c2cccc(Cl)c2)c1C(F)(F)F)c1ccccc1. The Morgan fingerprint density at radius 1 is 1.17 bits per heavy atom. The highest BCUT2D eigenvalue weighted by Crippen LogP contribution is 2.34. The molecule has 1 amide bonds. The van der Waals surface area contributed by atoms with Gasteiger partial charge < -0.3 is 10.2 Å². The first-order valence-corrected chi connectivity index (χ1v) is 9.60. The Morgan fingerprint density at radius 2 is 1.90 bits per heavy atom. The molecule has 2 aromatic carbocycles. The van der Waals surface area contributed by atoms with Crippen LogP contribution < -0.4 is 10.2 Å². The number of carbonyl (C=O) groups excluding carboxylic acids is 1. The molecule has 9 heteroatoms. The Labute approximate surface area is 177 Å². The summed E-state index contributed by atoms with van der Waals surface area (Å²) in [6.07, 6.45) is -3.27. The van der Waals surface area contributed by atoms with Gasteiger partial charge in [-0.1, -0.05) is 35.9 Å². The van der Waals surface area contributed by atoms with Crippen LogP contribution in [0.4, 0.5) is 18.9 Å². The van der Waals surface area contributed by atoms with E-state index >= 15 is 0 Å². The minimum atomic E-state index is -4.76. The van der Waals surface area contributed by atoms with Crippen molar-refractivity contribution in [2.45, 2.75) is 12.6 Å². The van der Waals surface area contributed by atoms with Crippen LogP contribution in [0.3, 0.4) is 0 Å². The number of hydrogen-bond acceptors (Lipinski definition) is 3. The van der Waals surface area contributed by atoms with Crippen LogP contribution in [0.15, 0.2) is 60.8 Å². The number of alkyl halides is 3. The third kappa shape index (κ3) is 5.13. The van der Waals surface area contributed by atoms with Crippen LogP contribution in [0.2, 0.25) is 5.02 Å². The summed E-state index contributed by atoms with van der Waals surface area (Å²) in [5.41, 5.74) is -0.521. The monoisotopic (exact) mass is 436 g/mol. The second-order valence-electron chi connectivity index (χ2n) is 6.66. The van der Waals surface area contributed by atoms with Crippen molar-refractivity contribution in [1.82, 2.24) is 15.1 Å². The number of nitrogens with zero attached hydrogens (tertiary/aromatic N) is 3. The quantitative estimate of drug-likeness (QED) is 0.541. The lowest BCUT2D eigenvalue weighted by molar-refractivity contribution is -0.143. The molecular formula is C21H20ClF3N4O. The Bertz CT molecular complexity index is 1000. The Kier molecular flexibility index (Phi) is 6.66. The number of aromatic nitrogens is 2. The minimum absolute atomic E-state index is 0.123. The van der Waals surface area contributed by atoms with Crippen LogP contribution in [0.1, 0.15) is 22.5 Å². The average molecular weight is 437 g/mol. The van der Waals surface area contributed by atoms with E-state index in [2.05, 4.69) is 10.4 Å². The van der Waals surface area contributed by atoms with E-state index in [1.54, 1.807) is 6.07 Å². The van der Waals surface area contributed by atoms with Crippen molar-refractivity contribution in [3.8, 4) is 5.69 Å². The number of carbonyl (C=O) groups is 1. The van der Waals surface area contributed by atoms with Gasteiger partial charge in [0.15, 0.2) is 5.69 Å². The molecule has 0 unspecified atom stereocenters. The Hall–Kier alpha value is -3.00. The average Bonchev–Trinajstić information content (AvgIpc) is 3.17. The molecule has 0 saturated heterocycles. The maximum atomic E-state index is 13.7.